The number of esters is 2. The Balaban J connectivity index is 1.87. The first-order valence-corrected chi connectivity index (χ1v) is 7.21. The summed E-state index contributed by atoms with van der Waals surface area (Å²) in [7, 11) is 1.41. The van der Waals surface area contributed by atoms with Gasteiger partial charge in [0.05, 0.1) is 0 Å². The van der Waals surface area contributed by atoms with Gasteiger partial charge in [-0.05, 0) is 24.1 Å². The third-order valence-electron chi connectivity index (χ3n) is 2.99. The zero-order chi connectivity index (χ0) is 16.5. The zero-order valence-electron chi connectivity index (χ0n) is 12.9. The van der Waals surface area contributed by atoms with Gasteiger partial charge in [0.25, 0.3) is 0 Å². The third kappa shape index (κ3) is 5.92. The fraction of sp³-hybridized carbons (Fsp3) is 0.222. The molecular weight excluding hydrogens is 296 g/mol. The minimum absolute atomic E-state index is 0.138. The summed E-state index contributed by atoms with van der Waals surface area (Å²) in [5.41, 5.74) is 1.08. The van der Waals surface area contributed by atoms with E-state index in [0.29, 0.717) is 17.9 Å². The Morgan fingerprint density at radius 3 is 2.17 bits per heavy atom. The third-order valence-corrected chi connectivity index (χ3v) is 2.99. The SMILES string of the molecule is COCC(=O)Oc1cccc(OC(=O)CCc2ccccc2)c1. The van der Waals surface area contributed by atoms with Crippen molar-refractivity contribution in [3.05, 3.63) is 60.2 Å². The molecule has 23 heavy (non-hydrogen) atoms. The average molecular weight is 314 g/mol. The van der Waals surface area contributed by atoms with Gasteiger partial charge in [0.2, 0.25) is 0 Å². The van der Waals surface area contributed by atoms with E-state index < -0.39 is 5.97 Å². The quantitative estimate of drug-likeness (QED) is 0.581. The van der Waals surface area contributed by atoms with Gasteiger partial charge in [0.1, 0.15) is 18.1 Å². The summed E-state index contributed by atoms with van der Waals surface area (Å²) in [5, 5.41) is 0. The highest BCUT2D eigenvalue weighted by molar-refractivity contribution is 5.74. The molecule has 5 nitrogen and oxygen atoms in total. The van der Waals surface area contributed by atoms with E-state index in [0.717, 1.165) is 5.56 Å². The molecular formula is C18H18O5. The van der Waals surface area contributed by atoms with Gasteiger partial charge in [-0.2, -0.15) is 0 Å². The average Bonchev–Trinajstić information content (AvgIpc) is 2.54. The van der Waals surface area contributed by atoms with Crippen molar-refractivity contribution in [1.29, 1.82) is 0 Å². The van der Waals surface area contributed by atoms with Crippen molar-refractivity contribution in [3.8, 4) is 11.5 Å². The molecule has 120 valence electrons. The molecule has 0 unspecified atom stereocenters. The van der Waals surface area contributed by atoms with Crippen molar-refractivity contribution in [1.82, 2.24) is 0 Å². The molecule has 0 heterocycles. The van der Waals surface area contributed by atoms with E-state index in [-0.39, 0.29) is 19.0 Å². The van der Waals surface area contributed by atoms with Crippen molar-refractivity contribution in [2.75, 3.05) is 13.7 Å². The Hall–Kier alpha value is -2.66. The van der Waals surface area contributed by atoms with E-state index in [4.69, 9.17) is 9.47 Å². The van der Waals surface area contributed by atoms with Crippen LogP contribution in [0.3, 0.4) is 0 Å². The van der Waals surface area contributed by atoms with Crippen molar-refractivity contribution in [3.63, 3.8) is 0 Å². The molecule has 0 aliphatic heterocycles. The molecule has 0 radical (unpaired) electrons. The number of rotatable bonds is 7. The summed E-state index contributed by atoms with van der Waals surface area (Å²) < 4.78 is 15.0. The minimum Gasteiger partial charge on any atom is -0.426 e. The van der Waals surface area contributed by atoms with Crippen LogP contribution in [0.15, 0.2) is 54.6 Å². The molecule has 0 aliphatic carbocycles. The molecule has 0 atom stereocenters. The number of hydrogen-bond donors (Lipinski definition) is 0. The molecule has 0 aliphatic rings. The van der Waals surface area contributed by atoms with Crippen LogP contribution >= 0.6 is 0 Å². The van der Waals surface area contributed by atoms with E-state index in [1.165, 1.54) is 13.2 Å². The molecule has 0 spiro atoms. The molecule has 2 aromatic rings. The fourth-order valence-corrected chi connectivity index (χ4v) is 1.95. The molecule has 0 fully saturated rings. The topological polar surface area (TPSA) is 61.8 Å². The lowest BCUT2D eigenvalue weighted by Crippen LogP contribution is -2.14. The summed E-state index contributed by atoms with van der Waals surface area (Å²) in [6.45, 7) is -0.138. The Bertz CT molecular complexity index is 651. The number of methoxy groups -OCH3 is 1. The van der Waals surface area contributed by atoms with Gasteiger partial charge < -0.3 is 14.2 Å². The van der Waals surface area contributed by atoms with Crippen molar-refractivity contribution in [2.24, 2.45) is 0 Å². The van der Waals surface area contributed by atoms with Crippen LogP contribution in [0.25, 0.3) is 0 Å². The molecule has 0 bridgehead atoms. The van der Waals surface area contributed by atoms with Crippen molar-refractivity contribution >= 4 is 11.9 Å². The van der Waals surface area contributed by atoms with E-state index >= 15 is 0 Å². The molecule has 2 aromatic carbocycles. The lowest BCUT2D eigenvalue weighted by molar-refractivity contribution is -0.138. The maximum Gasteiger partial charge on any atom is 0.337 e. The molecule has 2 rings (SSSR count). The number of aryl methyl sites for hydroxylation is 1. The number of hydrogen-bond acceptors (Lipinski definition) is 5. The minimum atomic E-state index is -0.514. The van der Waals surface area contributed by atoms with Gasteiger partial charge >= 0.3 is 11.9 Å². The van der Waals surface area contributed by atoms with E-state index in [9.17, 15) is 9.59 Å². The van der Waals surface area contributed by atoms with Crippen LogP contribution in [0.4, 0.5) is 0 Å². The monoisotopic (exact) mass is 314 g/mol. The van der Waals surface area contributed by atoms with Gasteiger partial charge in [-0.3, -0.25) is 4.79 Å². The van der Waals surface area contributed by atoms with Crippen LogP contribution in [0.1, 0.15) is 12.0 Å². The second-order valence-electron chi connectivity index (χ2n) is 4.84. The van der Waals surface area contributed by atoms with Crippen LogP contribution in [0.5, 0.6) is 11.5 Å². The predicted octanol–water partition coefficient (Wildman–Crippen LogP) is 2.78. The predicted molar refractivity (Wildman–Crippen MR) is 84.4 cm³/mol. The van der Waals surface area contributed by atoms with Gasteiger partial charge in [-0.15, -0.1) is 0 Å². The van der Waals surface area contributed by atoms with E-state index in [1.807, 2.05) is 30.3 Å². The lowest BCUT2D eigenvalue weighted by atomic mass is 10.1. The fourth-order valence-electron chi connectivity index (χ4n) is 1.95. The largest absolute Gasteiger partial charge is 0.426 e. The van der Waals surface area contributed by atoms with E-state index in [2.05, 4.69) is 4.74 Å². The Morgan fingerprint density at radius 1 is 0.870 bits per heavy atom. The lowest BCUT2D eigenvalue weighted by Gasteiger charge is -2.07. The molecule has 0 amide bonds. The Morgan fingerprint density at radius 2 is 1.52 bits per heavy atom. The summed E-state index contributed by atoms with van der Waals surface area (Å²) in [6.07, 6.45) is 0.889. The second-order valence-corrected chi connectivity index (χ2v) is 4.84. The maximum atomic E-state index is 11.9. The number of benzene rings is 2. The Kier molecular flexibility index (Phi) is 6.32. The number of carbonyl (C=O) groups excluding carboxylic acids is 2. The smallest absolute Gasteiger partial charge is 0.337 e. The Labute approximate surface area is 134 Å². The van der Waals surface area contributed by atoms with Gasteiger partial charge in [-0.1, -0.05) is 36.4 Å². The van der Waals surface area contributed by atoms with Crippen molar-refractivity contribution in [2.45, 2.75) is 12.8 Å². The van der Waals surface area contributed by atoms with Gasteiger partial charge in [0, 0.05) is 19.6 Å². The van der Waals surface area contributed by atoms with Crippen LogP contribution in [-0.4, -0.2) is 25.7 Å². The van der Waals surface area contributed by atoms with Gasteiger partial charge in [0.15, 0.2) is 0 Å². The highest BCUT2D eigenvalue weighted by atomic mass is 16.6. The molecule has 0 aromatic heterocycles. The standard InChI is InChI=1S/C18H18O5/c1-21-13-18(20)23-16-9-5-8-15(12-16)22-17(19)11-10-14-6-3-2-4-7-14/h2-9,12H,10-11,13H2,1H3. The summed E-state index contributed by atoms with van der Waals surface area (Å²) in [5.74, 6) is -0.208. The highest BCUT2D eigenvalue weighted by Gasteiger charge is 2.08. The van der Waals surface area contributed by atoms with Crippen molar-refractivity contribution < 1.29 is 23.8 Å². The number of ether oxygens (including phenoxy) is 3. The maximum absolute atomic E-state index is 11.9. The van der Waals surface area contributed by atoms with Crippen LogP contribution in [-0.2, 0) is 20.7 Å². The normalized spacial score (nSPS) is 10.1. The highest BCUT2D eigenvalue weighted by Crippen LogP contribution is 2.20. The van der Waals surface area contributed by atoms with Gasteiger partial charge in [-0.25, -0.2) is 4.79 Å². The summed E-state index contributed by atoms with van der Waals surface area (Å²) in [4.78, 5) is 23.2. The van der Waals surface area contributed by atoms with Crippen LogP contribution in [0, 0.1) is 0 Å². The summed E-state index contributed by atoms with van der Waals surface area (Å²) in [6, 6.07) is 16.1. The second kappa shape index (κ2) is 8.70. The zero-order valence-corrected chi connectivity index (χ0v) is 12.9. The number of carbonyl (C=O) groups is 2. The summed E-state index contributed by atoms with van der Waals surface area (Å²) >= 11 is 0. The first-order chi connectivity index (χ1) is 11.2. The van der Waals surface area contributed by atoms with E-state index in [1.54, 1.807) is 18.2 Å². The molecule has 5 heteroatoms. The molecule has 0 saturated heterocycles. The molecule has 0 saturated carbocycles. The molecule has 0 N–H and O–H groups in total. The van der Waals surface area contributed by atoms with Crippen LogP contribution in [0.2, 0.25) is 0 Å². The first kappa shape index (κ1) is 16.7. The first-order valence-electron chi connectivity index (χ1n) is 7.21. The van der Waals surface area contributed by atoms with Crippen LogP contribution < -0.4 is 9.47 Å².